The predicted molar refractivity (Wildman–Crippen MR) is 56.2 cm³/mol. The summed E-state index contributed by atoms with van der Waals surface area (Å²) in [6.07, 6.45) is 1.78. The van der Waals surface area contributed by atoms with Gasteiger partial charge in [0.2, 0.25) is 0 Å². The first-order valence-corrected chi connectivity index (χ1v) is 4.74. The van der Waals surface area contributed by atoms with Crippen LogP contribution in [-0.2, 0) is 19.5 Å². The molecule has 0 spiro atoms. The van der Waals surface area contributed by atoms with Crippen molar-refractivity contribution in [2.75, 3.05) is 0 Å². The van der Waals surface area contributed by atoms with Crippen molar-refractivity contribution in [3.05, 3.63) is 53.1 Å². The van der Waals surface area contributed by atoms with Crippen molar-refractivity contribution < 1.29 is 19.5 Å². The van der Waals surface area contributed by atoms with Crippen LogP contribution in [0.5, 0.6) is 0 Å². The quantitative estimate of drug-likeness (QED) is 0.575. The summed E-state index contributed by atoms with van der Waals surface area (Å²) in [5.41, 5.74) is 1.96. The van der Waals surface area contributed by atoms with Gasteiger partial charge in [-0.1, -0.05) is 32.5 Å². The van der Waals surface area contributed by atoms with Gasteiger partial charge in [-0.2, -0.15) is 0 Å². The molecular formula is C11H7BrNRh-. The maximum atomic E-state index is 4.24. The van der Waals surface area contributed by atoms with E-state index in [4.69, 9.17) is 0 Å². The molecule has 0 bridgehead atoms. The largest absolute Gasteiger partial charge is 0.305 e. The van der Waals surface area contributed by atoms with Crippen molar-refractivity contribution in [1.82, 2.24) is 4.98 Å². The number of rotatable bonds is 1. The number of hydrogen-bond acceptors (Lipinski definition) is 1. The van der Waals surface area contributed by atoms with E-state index in [1.807, 2.05) is 36.4 Å². The minimum absolute atomic E-state index is 0. The van der Waals surface area contributed by atoms with Crippen LogP contribution in [0, 0.1) is 6.07 Å². The average Bonchev–Trinajstić information content (AvgIpc) is 2.19. The van der Waals surface area contributed by atoms with Crippen molar-refractivity contribution >= 4 is 15.9 Å². The van der Waals surface area contributed by atoms with E-state index in [9.17, 15) is 0 Å². The van der Waals surface area contributed by atoms with Crippen LogP contribution in [0.25, 0.3) is 11.3 Å². The molecule has 0 amide bonds. The number of nitrogens with zero attached hydrogens (tertiary/aromatic N) is 1. The minimum atomic E-state index is 0. The standard InChI is InChI=1S/C11H7BrN.Rh/c12-10-5-3-4-9(8-10)11-6-1-2-7-13-11;/h1-3,5-8H;/q-1;. The fourth-order valence-electron chi connectivity index (χ4n) is 1.11. The summed E-state index contributed by atoms with van der Waals surface area (Å²) in [5.74, 6) is 0. The smallest absolute Gasteiger partial charge is 0.0160 e. The summed E-state index contributed by atoms with van der Waals surface area (Å²) in [5, 5.41) is 0. The van der Waals surface area contributed by atoms with Gasteiger partial charge in [0.05, 0.1) is 0 Å². The van der Waals surface area contributed by atoms with Gasteiger partial charge >= 0.3 is 0 Å². The first kappa shape index (κ1) is 11.5. The van der Waals surface area contributed by atoms with Crippen LogP contribution >= 0.6 is 15.9 Å². The van der Waals surface area contributed by atoms with Gasteiger partial charge in [-0.05, 0) is 11.8 Å². The van der Waals surface area contributed by atoms with E-state index in [1.165, 1.54) is 0 Å². The van der Waals surface area contributed by atoms with Crippen molar-refractivity contribution in [3.63, 3.8) is 0 Å². The van der Waals surface area contributed by atoms with E-state index in [1.54, 1.807) is 6.20 Å². The number of aromatic nitrogens is 1. The van der Waals surface area contributed by atoms with E-state index in [-0.39, 0.29) is 19.5 Å². The van der Waals surface area contributed by atoms with E-state index < -0.39 is 0 Å². The Kier molecular flexibility index (Phi) is 4.44. The van der Waals surface area contributed by atoms with Gasteiger partial charge in [0, 0.05) is 25.7 Å². The van der Waals surface area contributed by atoms with E-state index in [2.05, 4.69) is 27.0 Å². The van der Waals surface area contributed by atoms with Gasteiger partial charge in [-0.25, -0.2) is 0 Å². The molecule has 1 nitrogen and oxygen atoms in total. The van der Waals surface area contributed by atoms with Gasteiger partial charge in [-0.15, -0.1) is 29.8 Å². The van der Waals surface area contributed by atoms with Crippen molar-refractivity contribution in [1.29, 1.82) is 0 Å². The third-order valence-electron chi connectivity index (χ3n) is 1.70. The van der Waals surface area contributed by atoms with Gasteiger partial charge in [0.15, 0.2) is 0 Å². The van der Waals surface area contributed by atoms with E-state index >= 15 is 0 Å². The maximum Gasteiger partial charge on any atom is 0.0160 e. The zero-order valence-electron chi connectivity index (χ0n) is 7.20. The third kappa shape index (κ3) is 2.73. The number of hydrogen-bond donors (Lipinski definition) is 0. The Morgan fingerprint density at radius 2 is 2.07 bits per heavy atom. The molecule has 0 fully saturated rings. The summed E-state index contributed by atoms with van der Waals surface area (Å²) in [4.78, 5) is 4.24. The molecular weight excluding hydrogens is 329 g/mol. The molecule has 0 atom stereocenters. The molecule has 0 saturated heterocycles. The molecule has 1 aromatic carbocycles. The van der Waals surface area contributed by atoms with Crippen LogP contribution in [0.2, 0.25) is 0 Å². The fraction of sp³-hybridized carbons (Fsp3) is 0. The first-order chi connectivity index (χ1) is 6.36. The molecule has 0 aliphatic rings. The normalized spacial score (nSPS) is 9.21. The van der Waals surface area contributed by atoms with Gasteiger partial charge in [-0.3, -0.25) is 0 Å². The molecule has 2 aromatic rings. The zero-order valence-corrected chi connectivity index (χ0v) is 10.4. The number of pyridine rings is 1. The molecule has 0 aliphatic heterocycles. The second-order valence-corrected chi connectivity index (χ2v) is 3.55. The number of halogens is 1. The van der Waals surface area contributed by atoms with Crippen LogP contribution in [0.3, 0.4) is 0 Å². The number of benzene rings is 1. The molecule has 0 saturated carbocycles. The second-order valence-electron chi connectivity index (χ2n) is 2.64. The summed E-state index contributed by atoms with van der Waals surface area (Å²) >= 11 is 3.41. The van der Waals surface area contributed by atoms with Crippen LogP contribution in [0.1, 0.15) is 0 Å². The Morgan fingerprint density at radius 1 is 1.21 bits per heavy atom. The summed E-state index contributed by atoms with van der Waals surface area (Å²) in [6, 6.07) is 14.8. The third-order valence-corrected chi connectivity index (χ3v) is 2.20. The van der Waals surface area contributed by atoms with Crippen LogP contribution in [0.4, 0.5) is 0 Å². The fourth-order valence-corrected chi connectivity index (χ4v) is 1.47. The molecule has 2 rings (SSSR count). The second kappa shape index (κ2) is 5.38. The molecule has 1 aromatic heterocycles. The maximum absolute atomic E-state index is 4.24. The van der Waals surface area contributed by atoms with Gasteiger partial charge in [0.1, 0.15) is 0 Å². The average molecular weight is 336 g/mol. The van der Waals surface area contributed by atoms with Crippen molar-refractivity contribution in [2.45, 2.75) is 0 Å². The predicted octanol–water partition coefficient (Wildman–Crippen LogP) is 3.31. The zero-order chi connectivity index (χ0) is 9.10. The summed E-state index contributed by atoms with van der Waals surface area (Å²) < 4.78 is 1.05. The summed E-state index contributed by atoms with van der Waals surface area (Å²) in [7, 11) is 0. The molecule has 14 heavy (non-hydrogen) atoms. The molecule has 0 aliphatic carbocycles. The molecule has 1 heterocycles. The first-order valence-electron chi connectivity index (χ1n) is 3.95. The molecule has 0 N–H and O–H groups in total. The van der Waals surface area contributed by atoms with Gasteiger partial charge in [0.25, 0.3) is 0 Å². The van der Waals surface area contributed by atoms with E-state index in [0.29, 0.717) is 0 Å². The Balaban J connectivity index is 0.000000980. The minimum Gasteiger partial charge on any atom is -0.305 e. The van der Waals surface area contributed by atoms with Crippen LogP contribution in [0.15, 0.2) is 47.1 Å². The molecule has 3 heteroatoms. The topological polar surface area (TPSA) is 12.9 Å². The molecule has 1 radical (unpaired) electrons. The Morgan fingerprint density at radius 3 is 2.71 bits per heavy atom. The monoisotopic (exact) mass is 335 g/mol. The SMILES string of the molecule is Brc1cc[c-]c(-c2ccccn2)c1.[Rh]. The Hall–Kier alpha value is -0.527. The van der Waals surface area contributed by atoms with Crippen LogP contribution < -0.4 is 0 Å². The van der Waals surface area contributed by atoms with E-state index in [0.717, 1.165) is 15.7 Å². The Bertz CT molecular complexity index is 403. The van der Waals surface area contributed by atoms with Crippen LogP contribution in [-0.4, -0.2) is 4.98 Å². The van der Waals surface area contributed by atoms with Crippen molar-refractivity contribution in [3.8, 4) is 11.3 Å². The molecule has 0 unspecified atom stereocenters. The Labute approximate surface area is 104 Å². The van der Waals surface area contributed by atoms with Crippen molar-refractivity contribution in [2.24, 2.45) is 0 Å². The summed E-state index contributed by atoms with van der Waals surface area (Å²) in [6.45, 7) is 0. The van der Waals surface area contributed by atoms with Gasteiger partial charge < -0.3 is 4.98 Å². The molecule has 73 valence electrons.